The van der Waals surface area contributed by atoms with Gasteiger partial charge in [-0.3, -0.25) is 9.00 Å². The second kappa shape index (κ2) is 6.91. The summed E-state index contributed by atoms with van der Waals surface area (Å²) in [4.78, 5) is 11.8. The molecule has 5 heteroatoms. The van der Waals surface area contributed by atoms with Gasteiger partial charge < -0.3 is 5.32 Å². The highest BCUT2D eigenvalue weighted by atomic mass is 79.9. The van der Waals surface area contributed by atoms with Crippen LogP contribution in [-0.2, 0) is 10.8 Å². The minimum atomic E-state index is -0.793. The first-order valence-electron chi connectivity index (χ1n) is 5.35. The number of carbonyl (C=O) groups is 1. The van der Waals surface area contributed by atoms with Gasteiger partial charge in [0.05, 0.1) is 5.56 Å². The van der Waals surface area contributed by atoms with Crippen LogP contribution in [0.5, 0.6) is 0 Å². The van der Waals surface area contributed by atoms with E-state index in [1.807, 2.05) is 19.1 Å². The van der Waals surface area contributed by atoms with Gasteiger partial charge in [-0.15, -0.1) is 0 Å². The van der Waals surface area contributed by atoms with Gasteiger partial charge in [-0.1, -0.05) is 12.1 Å². The molecule has 0 fully saturated rings. The zero-order valence-corrected chi connectivity index (χ0v) is 12.4. The number of halogens is 1. The van der Waals surface area contributed by atoms with E-state index in [9.17, 15) is 9.00 Å². The third-order valence-corrected chi connectivity index (χ3v) is 4.25. The van der Waals surface area contributed by atoms with Crippen molar-refractivity contribution in [2.24, 2.45) is 0 Å². The quantitative estimate of drug-likeness (QED) is 0.847. The number of hydrogen-bond acceptors (Lipinski definition) is 2. The summed E-state index contributed by atoms with van der Waals surface area (Å²) >= 11 is 3.40. The smallest absolute Gasteiger partial charge is 0.252 e. The Balaban J connectivity index is 2.53. The van der Waals surface area contributed by atoms with E-state index in [0.717, 1.165) is 16.5 Å². The third kappa shape index (κ3) is 4.60. The maximum atomic E-state index is 11.8. The molecule has 0 heterocycles. The van der Waals surface area contributed by atoms with E-state index >= 15 is 0 Å². The summed E-state index contributed by atoms with van der Waals surface area (Å²) in [5.74, 6) is 0.525. The van der Waals surface area contributed by atoms with Crippen molar-refractivity contribution in [2.75, 3.05) is 18.6 Å². The van der Waals surface area contributed by atoms with Crippen LogP contribution >= 0.6 is 15.9 Å². The molecule has 0 aliphatic carbocycles. The van der Waals surface area contributed by atoms with Crippen molar-refractivity contribution < 1.29 is 9.00 Å². The SMILES string of the molecule is Cc1cccc(C(=O)NCCCS(C)=O)c1Br. The third-order valence-electron chi connectivity index (χ3n) is 2.33. The first-order chi connectivity index (χ1) is 8.02. The van der Waals surface area contributed by atoms with Crippen LogP contribution in [0.25, 0.3) is 0 Å². The molecule has 1 N–H and O–H groups in total. The summed E-state index contributed by atoms with van der Waals surface area (Å²) in [6.07, 6.45) is 2.40. The standard InChI is InChI=1S/C12H16BrNO2S/c1-9-5-3-6-10(11(9)13)12(15)14-7-4-8-17(2)16/h3,5-6H,4,7-8H2,1-2H3,(H,14,15). The van der Waals surface area contributed by atoms with Crippen LogP contribution in [0, 0.1) is 6.92 Å². The molecule has 1 rings (SSSR count). The van der Waals surface area contributed by atoms with Gasteiger partial charge in [0.15, 0.2) is 0 Å². The van der Waals surface area contributed by atoms with E-state index in [-0.39, 0.29) is 5.91 Å². The van der Waals surface area contributed by atoms with Gasteiger partial charge in [-0.2, -0.15) is 0 Å². The average molecular weight is 318 g/mol. The molecule has 0 saturated carbocycles. The fourth-order valence-corrected chi connectivity index (χ4v) is 2.39. The Morgan fingerprint density at radius 3 is 2.82 bits per heavy atom. The zero-order valence-electron chi connectivity index (χ0n) is 9.96. The Hall–Kier alpha value is -0.680. The molecule has 94 valence electrons. The van der Waals surface area contributed by atoms with Crippen LogP contribution in [-0.4, -0.2) is 28.7 Å². The highest BCUT2D eigenvalue weighted by Gasteiger charge is 2.10. The molecule has 17 heavy (non-hydrogen) atoms. The molecule has 3 nitrogen and oxygen atoms in total. The summed E-state index contributed by atoms with van der Waals surface area (Å²) in [7, 11) is -0.793. The van der Waals surface area contributed by atoms with E-state index < -0.39 is 10.8 Å². The number of hydrogen-bond donors (Lipinski definition) is 1. The maximum absolute atomic E-state index is 11.8. The van der Waals surface area contributed by atoms with Gasteiger partial charge in [-0.25, -0.2) is 0 Å². The lowest BCUT2D eigenvalue weighted by atomic mass is 10.1. The van der Waals surface area contributed by atoms with Crippen molar-refractivity contribution in [2.45, 2.75) is 13.3 Å². The summed E-state index contributed by atoms with van der Waals surface area (Å²) in [6, 6.07) is 5.58. The molecule has 1 aromatic carbocycles. The average Bonchev–Trinajstić information content (AvgIpc) is 2.27. The fourth-order valence-electron chi connectivity index (χ4n) is 1.40. The second-order valence-electron chi connectivity index (χ2n) is 3.82. The lowest BCUT2D eigenvalue weighted by molar-refractivity contribution is 0.0953. The second-order valence-corrected chi connectivity index (χ2v) is 6.17. The molecule has 0 aliphatic rings. The Morgan fingerprint density at radius 2 is 2.18 bits per heavy atom. The predicted octanol–water partition coefficient (Wildman–Crippen LogP) is 2.26. The topological polar surface area (TPSA) is 46.2 Å². The molecule has 0 aliphatic heterocycles. The van der Waals surface area contributed by atoms with Crippen molar-refractivity contribution in [1.29, 1.82) is 0 Å². The molecule has 1 atom stereocenters. The minimum Gasteiger partial charge on any atom is -0.352 e. The van der Waals surface area contributed by atoms with E-state index in [0.29, 0.717) is 17.9 Å². The Bertz CT molecular complexity index is 435. The van der Waals surface area contributed by atoms with Crippen molar-refractivity contribution in [3.63, 3.8) is 0 Å². The van der Waals surface area contributed by atoms with E-state index in [1.165, 1.54) is 0 Å². The van der Waals surface area contributed by atoms with Crippen molar-refractivity contribution in [3.8, 4) is 0 Å². The van der Waals surface area contributed by atoms with Gasteiger partial charge in [0.25, 0.3) is 5.91 Å². The molecule has 1 amide bonds. The van der Waals surface area contributed by atoms with Crippen LogP contribution in [0.3, 0.4) is 0 Å². The van der Waals surface area contributed by atoms with Crippen LogP contribution < -0.4 is 5.32 Å². The van der Waals surface area contributed by atoms with Crippen LogP contribution in [0.2, 0.25) is 0 Å². The number of aryl methyl sites for hydroxylation is 1. The highest BCUT2D eigenvalue weighted by Crippen LogP contribution is 2.20. The number of nitrogens with one attached hydrogen (secondary N) is 1. The Kier molecular flexibility index (Phi) is 5.85. The van der Waals surface area contributed by atoms with E-state index in [4.69, 9.17) is 0 Å². The van der Waals surface area contributed by atoms with E-state index in [1.54, 1.807) is 12.3 Å². The summed E-state index contributed by atoms with van der Waals surface area (Å²) in [6.45, 7) is 2.50. The van der Waals surface area contributed by atoms with E-state index in [2.05, 4.69) is 21.2 Å². The summed E-state index contributed by atoms with van der Waals surface area (Å²) in [5.41, 5.74) is 1.68. The van der Waals surface area contributed by atoms with Crippen molar-refractivity contribution >= 4 is 32.6 Å². The van der Waals surface area contributed by atoms with Crippen LogP contribution in [0.1, 0.15) is 22.3 Å². The Morgan fingerprint density at radius 1 is 1.47 bits per heavy atom. The first-order valence-corrected chi connectivity index (χ1v) is 7.87. The first kappa shape index (κ1) is 14.4. The zero-order chi connectivity index (χ0) is 12.8. The Labute approximate surface area is 113 Å². The lowest BCUT2D eigenvalue weighted by Gasteiger charge is -2.08. The lowest BCUT2D eigenvalue weighted by Crippen LogP contribution is -2.25. The molecule has 1 unspecified atom stereocenters. The molecule has 1 aromatic rings. The molecular formula is C12H16BrNO2S. The molecule has 0 bridgehead atoms. The highest BCUT2D eigenvalue weighted by molar-refractivity contribution is 9.10. The summed E-state index contributed by atoms with van der Waals surface area (Å²) in [5, 5.41) is 2.82. The van der Waals surface area contributed by atoms with Gasteiger partial charge in [0, 0.05) is 33.8 Å². The van der Waals surface area contributed by atoms with Crippen molar-refractivity contribution in [1.82, 2.24) is 5.32 Å². The van der Waals surface area contributed by atoms with Crippen LogP contribution in [0.15, 0.2) is 22.7 Å². The number of carbonyl (C=O) groups excluding carboxylic acids is 1. The number of rotatable bonds is 5. The van der Waals surface area contributed by atoms with Crippen LogP contribution in [0.4, 0.5) is 0 Å². The minimum absolute atomic E-state index is 0.0949. The summed E-state index contributed by atoms with van der Waals surface area (Å²) < 4.78 is 11.7. The maximum Gasteiger partial charge on any atom is 0.252 e. The van der Waals surface area contributed by atoms with Gasteiger partial charge in [0.1, 0.15) is 0 Å². The number of amides is 1. The molecule has 0 saturated heterocycles. The normalized spacial score (nSPS) is 12.2. The molecule has 0 radical (unpaired) electrons. The van der Waals surface area contributed by atoms with Crippen molar-refractivity contribution in [3.05, 3.63) is 33.8 Å². The van der Waals surface area contributed by atoms with Gasteiger partial charge in [0.2, 0.25) is 0 Å². The van der Waals surface area contributed by atoms with Gasteiger partial charge in [-0.05, 0) is 40.9 Å². The fraction of sp³-hybridized carbons (Fsp3) is 0.417. The largest absolute Gasteiger partial charge is 0.352 e. The monoisotopic (exact) mass is 317 g/mol. The predicted molar refractivity (Wildman–Crippen MR) is 74.8 cm³/mol. The molecular weight excluding hydrogens is 302 g/mol. The van der Waals surface area contributed by atoms with Gasteiger partial charge >= 0.3 is 0 Å². The molecule has 0 aromatic heterocycles. The number of benzene rings is 1. The molecule has 0 spiro atoms.